The number of hydrogen-bond acceptors (Lipinski definition) is 8. The zero-order valence-corrected chi connectivity index (χ0v) is 18.5. The smallest absolute Gasteiger partial charge is 0.240 e. The summed E-state index contributed by atoms with van der Waals surface area (Å²) < 4.78 is 7.14. The molecular weight excluding hydrogens is 410 g/mol. The lowest BCUT2D eigenvalue weighted by Crippen LogP contribution is -2.48. The highest BCUT2D eigenvalue weighted by molar-refractivity contribution is 5.84. The summed E-state index contributed by atoms with van der Waals surface area (Å²) in [7, 11) is 5.42. The second-order valence-electron chi connectivity index (χ2n) is 8.29. The summed E-state index contributed by atoms with van der Waals surface area (Å²) in [6, 6.07) is 6.45. The molecule has 1 saturated heterocycles. The number of carbonyl (C=O) groups is 1. The van der Waals surface area contributed by atoms with Gasteiger partial charge in [-0.05, 0) is 30.5 Å². The van der Waals surface area contributed by atoms with Gasteiger partial charge in [0, 0.05) is 20.6 Å². The first-order valence-corrected chi connectivity index (χ1v) is 10.6. The van der Waals surface area contributed by atoms with E-state index in [4.69, 9.17) is 10.5 Å². The van der Waals surface area contributed by atoms with Gasteiger partial charge in [-0.1, -0.05) is 12.1 Å². The number of carbonyl (C=O) groups excluding carboxylic acids is 1. The van der Waals surface area contributed by atoms with Crippen molar-refractivity contribution >= 4 is 22.9 Å². The maximum Gasteiger partial charge on any atom is 0.240 e. The number of ether oxygens (including phenoxy) is 1. The second-order valence-corrected chi connectivity index (χ2v) is 8.29. The molecule has 0 bridgehead atoms. The molecule has 0 radical (unpaired) electrons. The SMILES string of the molecule is COc1ccc(C[C@H](N)C(=O)N2C[C@H](n3cnc4c(N(C)C)ncnc43)C[C@@H]2CO)cc1. The second kappa shape index (κ2) is 9.09. The van der Waals surface area contributed by atoms with Crippen molar-refractivity contribution in [3.05, 3.63) is 42.5 Å². The molecule has 4 rings (SSSR count). The number of fused-ring (bicyclic) bond motifs is 1. The van der Waals surface area contributed by atoms with Crippen LogP contribution in [0.1, 0.15) is 18.0 Å². The quantitative estimate of drug-likeness (QED) is 0.549. The number of nitrogens with two attached hydrogens (primary N) is 1. The van der Waals surface area contributed by atoms with Gasteiger partial charge in [-0.15, -0.1) is 0 Å². The highest BCUT2D eigenvalue weighted by atomic mass is 16.5. The normalized spacial score (nSPS) is 19.3. The Morgan fingerprint density at radius 1 is 1.28 bits per heavy atom. The largest absolute Gasteiger partial charge is 0.497 e. The Morgan fingerprint density at radius 2 is 2.03 bits per heavy atom. The van der Waals surface area contributed by atoms with Gasteiger partial charge >= 0.3 is 0 Å². The van der Waals surface area contributed by atoms with Crippen LogP contribution < -0.4 is 15.4 Å². The van der Waals surface area contributed by atoms with E-state index in [2.05, 4.69) is 15.0 Å². The van der Waals surface area contributed by atoms with Gasteiger partial charge in [0.1, 0.15) is 12.1 Å². The molecule has 3 N–H and O–H groups in total. The van der Waals surface area contributed by atoms with E-state index in [1.165, 1.54) is 6.33 Å². The molecule has 1 aliphatic rings. The summed E-state index contributed by atoms with van der Waals surface area (Å²) in [6.45, 7) is 0.315. The van der Waals surface area contributed by atoms with Gasteiger partial charge in [-0.25, -0.2) is 15.0 Å². The van der Waals surface area contributed by atoms with Gasteiger partial charge in [-0.2, -0.15) is 0 Å². The van der Waals surface area contributed by atoms with Crippen molar-refractivity contribution in [3.63, 3.8) is 0 Å². The summed E-state index contributed by atoms with van der Waals surface area (Å²) in [6.07, 6.45) is 4.26. The lowest BCUT2D eigenvalue weighted by molar-refractivity contribution is -0.134. The number of benzene rings is 1. The van der Waals surface area contributed by atoms with Gasteiger partial charge in [-0.3, -0.25) is 4.79 Å². The highest BCUT2D eigenvalue weighted by Crippen LogP contribution is 2.31. The third kappa shape index (κ3) is 4.11. The molecule has 0 spiro atoms. The number of aliphatic hydroxyl groups is 1. The van der Waals surface area contributed by atoms with Crippen molar-refractivity contribution in [3.8, 4) is 5.75 Å². The number of likely N-dealkylation sites (tertiary alicyclic amines) is 1. The Labute approximate surface area is 186 Å². The number of methoxy groups -OCH3 is 1. The van der Waals surface area contributed by atoms with Crippen LogP contribution in [-0.2, 0) is 11.2 Å². The fraction of sp³-hybridized carbons (Fsp3) is 0.455. The van der Waals surface area contributed by atoms with Gasteiger partial charge in [0.2, 0.25) is 5.91 Å². The predicted molar refractivity (Wildman–Crippen MR) is 121 cm³/mol. The van der Waals surface area contributed by atoms with Crippen molar-refractivity contribution in [2.75, 3.05) is 39.3 Å². The van der Waals surface area contributed by atoms with E-state index >= 15 is 0 Å². The molecule has 1 amide bonds. The molecule has 0 unspecified atom stereocenters. The molecule has 3 aromatic rings. The fourth-order valence-electron chi connectivity index (χ4n) is 4.29. The van der Waals surface area contributed by atoms with Gasteiger partial charge in [0.05, 0.1) is 38.2 Å². The first kappa shape index (κ1) is 22.0. The number of nitrogens with zero attached hydrogens (tertiary/aromatic N) is 6. The van der Waals surface area contributed by atoms with Crippen molar-refractivity contribution in [1.82, 2.24) is 24.4 Å². The van der Waals surface area contributed by atoms with E-state index in [0.717, 1.165) is 17.1 Å². The summed E-state index contributed by atoms with van der Waals surface area (Å²) in [5, 5.41) is 9.95. The van der Waals surface area contributed by atoms with Gasteiger partial charge < -0.3 is 29.9 Å². The van der Waals surface area contributed by atoms with E-state index in [-0.39, 0.29) is 24.6 Å². The Bertz CT molecular complexity index is 1080. The number of hydrogen-bond donors (Lipinski definition) is 2. The third-order valence-corrected chi connectivity index (χ3v) is 5.97. The molecule has 1 aromatic carbocycles. The molecule has 2 aromatic heterocycles. The Hall–Kier alpha value is -3.24. The molecule has 10 heteroatoms. The Morgan fingerprint density at radius 3 is 2.69 bits per heavy atom. The molecule has 10 nitrogen and oxygen atoms in total. The number of anilines is 1. The van der Waals surface area contributed by atoms with Crippen LogP contribution >= 0.6 is 0 Å². The summed E-state index contributed by atoms with van der Waals surface area (Å²) in [5.41, 5.74) is 8.65. The number of aromatic nitrogens is 4. The molecule has 170 valence electrons. The van der Waals surface area contributed by atoms with Gasteiger partial charge in [0.25, 0.3) is 0 Å². The van der Waals surface area contributed by atoms with Crippen LogP contribution in [-0.4, -0.2) is 81.9 Å². The predicted octanol–water partition coefficient (Wildman–Crippen LogP) is 0.605. The molecule has 32 heavy (non-hydrogen) atoms. The summed E-state index contributed by atoms with van der Waals surface area (Å²) in [5.74, 6) is 1.32. The summed E-state index contributed by atoms with van der Waals surface area (Å²) in [4.78, 5) is 30.0. The lowest BCUT2D eigenvalue weighted by atomic mass is 10.0. The van der Waals surface area contributed by atoms with Crippen LogP contribution in [0.3, 0.4) is 0 Å². The molecule has 0 saturated carbocycles. The lowest BCUT2D eigenvalue weighted by Gasteiger charge is -2.26. The number of amides is 1. The monoisotopic (exact) mass is 439 g/mol. The van der Waals surface area contributed by atoms with Crippen LogP contribution in [0.5, 0.6) is 5.75 Å². The zero-order chi connectivity index (χ0) is 22.8. The minimum atomic E-state index is -0.696. The minimum Gasteiger partial charge on any atom is -0.497 e. The standard InChI is InChI=1S/C22H29N7O3/c1-27(2)20-19-21(25-12-24-20)29(13-26-19)15-9-16(11-30)28(10-15)22(31)18(23)8-14-4-6-17(32-3)7-5-14/h4-7,12-13,15-16,18,30H,8-11,23H2,1-3H3/t15-,16-,18+/m1/s1. The van der Waals surface area contributed by atoms with E-state index < -0.39 is 6.04 Å². The number of rotatable bonds is 7. The van der Waals surface area contributed by atoms with Crippen LogP contribution in [0.25, 0.3) is 11.2 Å². The maximum absolute atomic E-state index is 13.2. The van der Waals surface area contributed by atoms with Crippen molar-refractivity contribution < 1.29 is 14.6 Å². The van der Waals surface area contributed by atoms with Crippen LogP contribution in [0.4, 0.5) is 5.82 Å². The summed E-state index contributed by atoms with van der Waals surface area (Å²) >= 11 is 0. The Balaban J connectivity index is 1.51. The van der Waals surface area contributed by atoms with Crippen molar-refractivity contribution in [1.29, 1.82) is 0 Å². The molecular formula is C22H29N7O3. The fourth-order valence-corrected chi connectivity index (χ4v) is 4.29. The molecule has 3 atom stereocenters. The molecule has 3 heterocycles. The van der Waals surface area contributed by atoms with E-state index in [0.29, 0.717) is 30.6 Å². The van der Waals surface area contributed by atoms with Crippen molar-refractivity contribution in [2.45, 2.75) is 31.0 Å². The average molecular weight is 440 g/mol. The van der Waals surface area contributed by atoms with Crippen LogP contribution in [0, 0.1) is 0 Å². The van der Waals surface area contributed by atoms with Crippen LogP contribution in [0.15, 0.2) is 36.9 Å². The highest BCUT2D eigenvalue weighted by Gasteiger charge is 2.38. The molecule has 1 fully saturated rings. The Kier molecular flexibility index (Phi) is 6.24. The van der Waals surface area contributed by atoms with E-state index in [9.17, 15) is 9.90 Å². The number of imidazole rings is 1. The average Bonchev–Trinajstić information content (AvgIpc) is 3.42. The molecule has 1 aliphatic heterocycles. The first-order chi connectivity index (χ1) is 15.4. The van der Waals surface area contributed by atoms with E-state index in [1.807, 2.05) is 47.8 Å². The third-order valence-electron chi connectivity index (χ3n) is 5.97. The van der Waals surface area contributed by atoms with Crippen LogP contribution in [0.2, 0.25) is 0 Å². The minimum absolute atomic E-state index is 0.0563. The first-order valence-electron chi connectivity index (χ1n) is 10.6. The number of aliphatic hydroxyl groups excluding tert-OH is 1. The molecule has 0 aliphatic carbocycles. The van der Waals surface area contributed by atoms with Gasteiger partial charge in [0.15, 0.2) is 17.0 Å². The zero-order valence-electron chi connectivity index (χ0n) is 18.5. The van der Waals surface area contributed by atoms with Crippen molar-refractivity contribution in [2.24, 2.45) is 5.73 Å². The topological polar surface area (TPSA) is 123 Å². The van der Waals surface area contributed by atoms with E-state index in [1.54, 1.807) is 18.3 Å². The maximum atomic E-state index is 13.2.